The molecule has 0 spiro atoms. The van der Waals surface area contributed by atoms with E-state index in [1.807, 2.05) is 0 Å². The number of carbonyl (C=O) groups is 1. The Labute approximate surface area is 59.4 Å². The fraction of sp³-hybridized carbons (Fsp3) is 0.429. The van der Waals surface area contributed by atoms with Gasteiger partial charge in [-0.25, -0.2) is 0 Å². The molecule has 0 aliphatic rings. The van der Waals surface area contributed by atoms with Crippen LogP contribution in [0.15, 0.2) is 12.2 Å². The number of unbranched alkanes of at least 4 members (excludes halogenated alkanes) is 1. The second-order valence-corrected chi connectivity index (χ2v) is 1.75. The van der Waals surface area contributed by atoms with Crippen molar-refractivity contribution in [1.82, 2.24) is 0 Å². The van der Waals surface area contributed by atoms with Crippen LogP contribution in [0.5, 0.6) is 0 Å². The molecule has 0 heterocycles. The maximum atomic E-state index is 9.90. The molecule has 0 saturated heterocycles. The monoisotopic (exact) mass is 141 g/mol. The van der Waals surface area contributed by atoms with Crippen LogP contribution in [-0.2, 0) is 9.59 Å². The van der Waals surface area contributed by atoms with E-state index in [2.05, 4.69) is 0 Å². The van der Waals surface area contributed by atoms with E-state index in [4.69, 9.17) is 5.11 Å². The Hall–Kier alpha value is -1.12. The second kappa shape index (κ2) is 6.01. The van der Waals surface area contributed by atoms with Gasteiger partial charge in [-0.3, -0.25) is 9.59 Å². The molecule has 55 valence electrons. The zero-order chi connectivity index (χ0) is 7.82. The van der Waals surface area contributed by atoms with Crippen molar-refractivity contribution in [3.05, 3.63) is 12.2 Å². The van der Waals surface area contributed by atoms with E-state index in [-0.39, 0.29) is 6.42 Å². The van der Waals surface area contributed by atoms with Crippen LogP contribution in [0, 0.1) is 0 Å². The van der Waals surface area contributed by atoms with Gasteiger partial charge in [0.15, 0.2) is 6.29 Å². The molecule has 0 rings (SSSR count). The highest BCUT2D eigenvalue weighted by Crippen LogP contribution is 1.89. The molecule has 0 atom stereocenters. The third kappa shape index (κ3) is 6.88. The molecule has 0 saturated carbocycles. The molecule has 3 heteroatoms. The first-order chi connectivity index (χ1) is 4.77. The van der Waals surface area contributed by atoms with Gasteiger partial charge in [-0.05, 0) is 6.42 Å². The minimum Gasteiger partial charge on any atom is -0.481 e. The van der Waals surface area contributed by atoms with Crippen molar-refractivity contribution < 1.29 is 14.7 Å². The van der Waals surface area contributed by atoms with Gasteiger partial charge in [0.2, 0.25) is 0 Å². The highest BCUT2D eigenvalue weighted by molar-refractivity contribution is 5.68. The number of carboxylic acids is 1. The maximum Gasteiger partial charge on any atom is 0.307 e. The molecule has 1 radical (unpaired) electrons. The topological polar surface area (TPSA) is 54.4 Å². The standard InChI is InChI=1S/C7H9O3/c8-6-4-2-1-3-5-7(9)10/h1,3H,2,4-5H2,(H,9,10)/b3-1+. The van der Waals surface area contributed by atoms with Gasteiger partial charge in [0.25, 0.3) is 0 Å². The van der Waals surface area contributed by atoms with E-state index in [0.717, 1.165) is 0 Å². The Morgan fingerprint density at radius 1 is 1.50 bits per heavy atom. The molecule has 1 N–H and O–H groups in total. The number of hydrogen-bond acceptors (Lipinski definition) is 2. The Morgan fingerprint density at radius 3 is 2.70 bits per heavy atom. The maximum absolute atomic E-state index is 9.90. The summed E-state index contributed by atoms with van der Waals surface area (Å²) in [7, 11) is 0. The number of allylic oxidation sites excluding steroid dienone is 1. The van der Waals surface area contributed by atoms with E-state index in [0.29, 0.717) is 12.8 Å². The molecule has 0 aliphatic heterocycles. The minimum atomic E-state index is -0.855. The van der Waals surface area contributed by atoms with E-state index in [1.165, 1.54) is 6.08 Å². The van der Waals surface area contributed by atoms with Crippen molar-refractivity contribution in [2.45, 2.75) is 19.3 Å². The van der Waals surface area contributed by atoms with Crippen molar-refractivity contribution in [1.29, 1.82) is 0 Å². The molecule has 0 bridgehead atoms. The summed E-state index contributed by atoms with van der Waals surface area (Å²) in [6, 6.07) is 0. The average molecular weight is 141 g/mol. The number of carbonyl (C=O) groups excluding carboxylic acids is 1. The van der Waals surface area contributed by atoms with Gasteiger partial charge >= 0.3 is 5.97 Å². The van der Waals surface area contributed by atoms with Crippen molar-refractivity contribution in [2.75, 3.05) is 0 Å². The Kier molecular flexibility index (Phi) is 5.33. The van der Waals surface area contributed by atoms with E-state index < -0.39 is 5.97 Å². The molecule has 3 nitrogen and oxygen atoms in total. The SMILES string of the molecule is O=[C]CC/C=C/CC(=O)O. The molecule has 0 aromatic carbocycles. The summed E-state index contributed by atoms with van der Waals surface area (Å²) in [5.74, 6) is -0.855. The molecule has 0 fully saturated rings. The van der Waals surface area contributed by atoms with Gasteiger partial charge in [-0.2, -0.15) is 0 Å². The highest BCUT2D eigenvalue weighted by Gasteiger charge is 1.87. The van der Waals surface area contributed by atoms with Gasteiger partial charge in [-0.1, -0.05) is 12.2 Å². The quantitative estimate of drug-likeness (QED) is 0.457. The van der Waals surface area contributed by atoms with Crippen molar-refractivity contribution in [3.8, 4) is 0 Å². The summed E-state index contributed by atoms with van der Waals surface area (Å²) >= 11 is 0. The molecular formula is C7H9O3. The van der Waals surface area contributed by atoms with Gasteiger partial charge < -0.3 is 5.11 Å². The predicted molar refractivity (Wildman–Crippen MR) is 36.3 cm³/mol. The third-order valence-electron chi connectivity index (χ3n) is 0.872. The number of carboxylic acid groups (broad SMARTS) is 1. The van der Waals surface area contributed by atoms with Crippen LogP contribution in [0.2, 0.25) is 0 Å². The van der Waals surface area contributed by atoms with Crippen molar-refractivity contribution in [2.24, 2.45) is 0 Å². The molecule has 10 heavy (non-hydrogen) atoms. The number of rotatable bonds is 5. The smallest absolute Gasteiger partial charge is 0.307 e. The zero-order valence-electron chi connectivity index (χ0n) is 5.54. The first-order valence-corrected chi connectivity index (χ1v) is 2.99. The van der Waals surface area contributed by atoms with Crippen LogP contribution in [0.1, 0.15) is 19.3 Å². The molecule has 0 unspecified atom stereocenters. The Morgan fingerprint density at radius 2 is 2.20 bits per heavy atom. The van der Waals surface area contributed by atoms with Crippen molar-refractivity contribution >= 4 is 12.3 Å². The summed E-state index contributed by atoms with van der Waals surface area (Å²) in [6.45, 7) is 0. The van der Waals surface area contributed by atoms with Crippen LogP contribution in [0.4, 0.5) is 0 Å². The normalized spacial score (nSPS) is 10.0. The van der Waals surface area contributed by atoms with Crippen LogP contribution < -0.4 is 0 Å². The van der Waals surface area contributed by atoms with E-state index in [9.17, 15) is 9.59 Å². The van der Waals surface area contributed by atoms with Gasteiger partial charge in [0, 0.05) is 6.42 Å². The van der Waals surface area contributed by atoms with Crippen molar-refractivity contribution in [3.63, 3.8) is 0 Å². The van der Waals surface area contributed by atoms with Gasteiger partial charge in [0.05, 0.1) is 6.42 Å². The third-order valence-corrected chi connectivity index (χ3v) is 0.872. The van der Waals surface area contributed by atoms with E-state index >= 15 is 0 Å². The zero-order valence-corrected chi connectivity index (χ0v) is 5.54. The lowest BCUT2D eigenvalue weighted by molar-refractivity contribution is -0.136. The molecule has 0 aromatic heterocycles. The molecular weight excluding hydrogens is 132 g/mol. The summed E-state index contributed by atoms with van der Waals surface area (Å²) < 4.78 is 0. The van der Waals surface area contributed by atoms with Crippen LogP contribution >= 0.6 is 0 Å². The Balaban J connectivity index is 3.20. The fourth-order valence-corrected chi connectivity index (χ4v) is 0.444. The van der Waals surface area contributed by atoms with Gasteiger partial charge in [0.1, 0.15) is 0 Å². The summed E-state index contributed by atoms with van der Waals surface area (Å²) in [5.41, 5.74) is 0. The summed E-state index contributed by atoms with van der Waals surface area (Å²) in [6.07, 6.45) is 5.85. The molecule has 0 aromatic rings. The summed E-state index contributed by atoms with van der Waals surface area (Å²) in [4.78, 5) is 19.5. The molecule has 0 aliphatic carbocycles. The molecule has 0 amide bonds. The largest absolute Gasteiger partial charge is 0.481 e. The lowest BCUT2D eigenvalue weighted by Gasteiger charge is -1.82. The Bertz CT molecular complexity index is 138. The van der Waals surface area contributed by atoms with Crippen LogP contribution in [0.3, 0.4) is 0 Å². The lowest BCUT2D eigenvalue weighted by Crippen LogP contribution is -1.89. The minimum absolute atomic E-state index is 0.0266. The predicted octanol–water partition coefficient (Wildman–Crippen LogP) is 0.907. The summed E-state index contributed by atoms with van der Waals surface area (Å²) in [5, 5.41) is 8.14. The number of hydrogen-bond donors (Lipinski definition) is 1. The first kappa shape index (κ1) is 8.88. The lowest BCUT2D eigenvalue weighted by atomic mass is 10.3. The number of aliphatic carboxylic acids is 1. The van der Waals surface area contributed by atoms with Gasteiger partial charge in [-0.15, -0.1) is 0 Å². The highest BCUT2D eigenvalue weighted by atomic mass is 16.4. The fourth-order valence-electron chi connectivity index (χ4n) is 0.444. The van der Waals surface area contributed by atoms with Crippen LogP contribution in [-0.4, -0.2) is 17.4 Å². The average Bonchev–Trinajstić information content (AvgIpc) is 1.87. The second-order valence-electron chi connectivity index (χ2n) is 1.75. The van der Waals surface area contributed by atoms with Crippen LogP contribution in [0.25, 0.3) is 0 Å². The first-order valence-electron chi connectivity index (χ1n) is 2.99. The van der Waals surface area contributed by atoms with E-state index in [1.54, 1.807) is 12.4 Å².